The van der Waals surface area contributed by atoms with Crippen LogP contribution in [-0.2, 0) is 32.6 Å². The lowest BCUT2D eigenvalue weighted by atomic mass is 10.0. The van der Waals surface area contributed by atoms with Crippen molar-refractivity contribution in [2.45, 2.75) is 58.7 Å². The van der Waals surface area contributed by atoms with Crippen LogP contribution in [0.3, 0.4) is 0 Å². The van der Waals surface area contributed by atoms with E-state index < -0.39 is 16.1 Å². The molecule has 0 aliphatic carbocycles. The van der Waals surface area contributed by atoms with E-state index in [1.807, 2.05) is 75.4 Å². The Kier molecular flexibility index (Phi) is 12.4. The lowest BCUT2D eigenvalue weighted by Gasteiger charge is -2.32. The fourth-order valence-corrected chi connectivity index (χ4v) is 5.83. The molecule has 0 saturated carbocycles. The molecule has 1 atom stereocenters. The summed E-state index contributed by atoms with van der Waals surface area (Å²) < 4.78 is 33.0. The Bertz CT molecular complexity index is 1400. The summed E-state index contributed by atoms with van der Waals surface area (Å²) in [5.41, 5.74) is 2.32. The number of hydrogen-bond acceptors (Lipinski definition) is 5. The third kappa shape index (κ3) is 10.2. The van der Waals surface area contributed by atoms with Gasteiger partial charge in [-0.1, -0.05) is 58.4 Å². The van der Waals surface area contributed by atoms with E-state index in [9.17, 15) is 18.0 Å². The average Bonchev–Trinajstić information content (AvgIpc) is 2.94. The number of benzene rings is 3. The predicted octanol–water partition coefficient (Wildman–Crippen LogP) is 5.56. The van der Waals surface area contributed by atoms with Crippen LogP contribution < -0.4 is 14.4 Å². The van der Waals surface area contributed by atoms with Crippen molar-refractivity contribution < 1.29 is 22.7 Å². The molecule has 0 saturated heterocycles. The first-order valence-electron chi connectivity index (χ1n) is 14.1. The number of carbonyl (C=O) groups excluding carboxylic acids is 2. The first kappa shape index (κ1) is 33.1. The number of rotatable bonds is 15. The molecular formula is C32H40BrN3O5S. The average molecular weight is 659 g/mol. The molecule has 0 bridgehead atoms. The van der Waals surface area contributed by atoms with Crippen molar-refractivity contribution in [3.05, 3.63) is 94.5 Å². The molecule has 2 amide bonds. The van der Waals surface area contributed by atoms with Gasteiger partial charge >= 0.3 is 0 Å². The van der Waals surface area contributed by atoms with E-state index in [1.54, 1.807) is 29.2 Å². The van der Waals surface area contributed by atoms with Gasteiger partial charge in [-0.3, -0.25) is 13.9 Å². The number of nitrogens with one attached hydrogen (secondary N) is 1. The zero-order valence-electron chi connectivity index (χ0n) is 24.6. The van der Waals surface area contributed by atoms with Crippen molar-refractivity contribution in [2.24, 2.45) is 0 Å². The summed E-state index contributed by atoms with van der Waals surface area (Å²) in [4.78, 5) is 29.0. The molecule has 0 spiro atoms. The van der Waals surface area contributed by atoms with Gasteiger partial charge in [0, 0.05) is 36.4 Å². The largest absolute Gasteiger partial charge is 0.494 e. The first-order valence-corrected chi connectivity index (χ1v) is 16.7. The van der Waals surface area contributed by atoms with Gasteiger partial charge in [-0.15, -0.1) is 0 Å². The number of halogens is 1. The number of hydrogen-bond donors (Lipinski definition) is 1. The van der Waals surface area contributed by atoms with Gasteiger partial charge in [0.1, 0.15) is 11.8 Å². The highest BCUT2D eigenvalue weighted by Gasteiger charge is 2.31. The summed E-state index contributed by atoms with van der Waals surface area (Å²) in [6, 6.07) is 23.3. The highest BCUT2D eigenvalue weighted by Crippen LogP contribution is 2.23. The molecule has 42 heavy (non-hydrogen) atoms. The zero-order valence-corrected chi connectivity index (χ0v) is 27.0. The Balaban J connectivity index is 1.85. The maximum absolute atomic E-state index is 13.9. The van der Waals surface area contributed by atoms with E-state index in [2.05, 4.69) is 21.2 Å². The second-order valence-corrected chi connectivity index (χ2v) is 13.2. The minimum atomic E-state index is -3.60. The topological polar surface area (TPSA) is 96.0 Å². The third-order valence-electron chi connectivity index (χ3n) is 6.56. The van der Waals surface area contributed by atoms with Crippen LogP contribution in [0.2, 0.25) is 0 Å². The predicted molar refractivity (Wildman–Crippen MR) is 171 cm³/mol. The van der Waals surface area contributed by atoms with Crippen molar-refractivity contribution >= 4 is 43.5 Å². The molecule has 3 aromatic rings. The molecule has 0 radical (unpaired) electrons. The zero-order chi connectivity index (χ0) is 30.7. The van der Waals surface area contributed by atoms with Crippen LogP contribution in [0.4, 0.5) is 5.69 Å². The van der Waals surface area contributed by atoms with Crippen molar-refractivity contribution in [1.82, 2.24) is 10.2 Å². The van der Waals surface area contributed by atoms with E-state index >= 15 is 0 Å². The van der Waals surface area contributed by atoms with Crippen LogP contribution in [0.1, 0.15) is 44.7 Å². The summed E-state index contributed by atoms with van der Waals surface area (Å²) in [5, 5.41) is 2.98. The Labute approximate surface area is 258 Å². The second-order valence-electron chi connectivity index (χ2n) is 10.4. The van der Waals surface area contributed by atoms with Crippen LogP contribution in [-0.4, -0.2) is 56.6 Å². The molecule has 0 heterocycles. The minimum absolute atomic E-state index is 0.0693. The Morgan fingerprint density at radius 3 is 2.14 bits per heavy atom. The molecule has 226 valence electrons. The molecule has 10 heteroatoms. The number of carbonyl (C=O) groups is 2. The molecule has 0 aromatic heterocycles. The van der Waals surface area contributed by atoms with Gasteiger partial charge in [-0.25, -0.2) is 8.42 Å². The molecule has 0 aliphatic heterocycles. The molecule has 1 N–H and O–H groups in total. The van der Waals surface area contributed by atoms with Crippen molar-refractivity contribution in [1.29, 1.82) is 0 Å². The van der Waals surface area contributed by atoms with E-state index in [1.165, 1.54) is 4.31 Å². The molecular weight excluding hydrogens is 618 g/mol. The van der Waals surface area contributed by atoms with Crippen LogP contribution in [0, 0.1) is 0 Å². The smallest absolute Gasteiger partial charge is 0.243 e. The number of anilines is 1. The SMILES string of the molecule is CCOc1ccc(N(CCCC(=O)N(Cc2ccc(Br)cc2)[C@@H](Cc2ccccc2)C(=O)NC(C)C)S(C)(=O)=O)cc1. The number of ether oxygens (including phenoxy) is 1. The van der Waals surface area contributed by atoms with Crippen molar-refractivity contribution in [3.63, 3.8) is 0 Å². The maximum Gasteiger partial charge on any atom is 0.243 e. The lowest BCUT2D eigenvalue weighted by molar-refractivity contribution is -0.141. The molecule has 0 fully saturated rings. The van der Waals surface area contributed by atoms with Gasteiger partial charge in [0.25, 0.3) is 0 Å². The minimum Gasteiger partial charge on any atom is -0.494 e. The van der Waals surface area contributed by atoms with Gasteiger partial charge in [-0.2, -0.15) is 0 Å². The summed E-state index contributed by atoms with van der Waals surface area (Å²) in [7, 11) is -3.60. The van der Waals surface area contributed by atoms with Gasteiger partial charge in [-0.05, 0) is 74.7 Å². The first-order chi connectivity index (χ1) is 20.0. The highest BCUT2D eigenvalue weighted by molar-refractivity contribution is 9.10. The van der Waals surface area contributed by atoms with E-state index in [4.69, 9.17) is 4.74 Å². The fraction of sp³-hybridized carbons (Fsp3) is 0.375. The summed E-state index contributed by atoms with van der Waals surface area (Å²) in [6.45, 7) is 6.52. The van der Waals surface area contributed by atoms with Crippen LogP contribution >= 0.6 is 15.9 Å². The number of sulfonamides is 1. The molecule has 0 aliphatic rings. The van der Waals surface area contributed by atoms with E-state index in [-0.39, 0.29) is 43.8 Å². The standard InChI is InChI=1S/C32H40BrN3O5S/c1-5-41-29-19-17-28(18-20-29)36(42(4,39)40)21-9-12-31(37)35(23-26-13-15-27(33)16-14-26)30(32(38)34-24(2)3)22-25-10-7-6-8-11-25/h6-8,10-11,13-20,24,30H,5,9,12,21-23H2,1-4H3,(H,34,38)/t30-/m0/s1. The van der Waals surface area contributed by atoms with Gasteiger partial charge in [0.15, 0.2) is 0 Å². The summed E-state index contributed by atoms with van der Waals surface area (Å²) in [6.07, 6.45) is 1.85. The Hall–Kier alpha value is -3.37. The second kappa shape index (κ2) is 15.7. The van der Waals surface area contributed by atoms with Crippen LogP contribution in [0.15, 0.2) is 83.3 Å². The van der Waals surface area contributed by atoms with E-state index in [0.717, 1.165) is 21.9 Å². The molecule has 0 unspecified atom stereocenters. The maximum atomic E-state index is 13.9. The van der Waals surface area contributed by atoms with Gasteiger partial charge in [0.2, 0.25) is 21.8 Å². The van der Waals surface area contributed by atoms with Crippen LogP contribution in [0.25, 0.3) is 0 Å². The Morgan fingerprint density at radius 1 is 0.929 bits per heavy atom. The fourth-order valence-electron chi connectivity index (χ4n) is 4.60. The summed E-state index contributed by atoms with van der Waals surface area (Å²) >= 11 is 3.45. The van der Waals surface area contributed by atoms with Gasteiger partial charge < -0.3 is 15.0 Å². The van der Waals surface area contributed by atoms with Crippen LogP contribution in [0.5, 0.6) is 5.75 Å². The lowest BCUT2D eigenvalue weighted by Crippen LogP contribution is -2.51. The summed E-state index contributed by atoms with van der Waals surface area (Å²) in [5.74, 6) is 0.196. The van der Waals surface area contributed by atoms with Crippen molar-refractivity contribution in [2.75, 3.05) is 23.7 Å². The monoisotopic (exact) mass is 657 g/mol. The Morgan fingerprint density at radius 2 is 1.57 bits per heavy atom. The number of nitrogens with zero attached hydrogens (tertiary/aromatic N) is 2. The van der Waals surface area contributed by atoms with Crippen molar-refractivity contribution in [3.8, 4) is 5.75 Å². The normalized spacial score (nSPS) is 12.0. The quantitative estimate of drug-likeness (QED) is 0.231. The van der Waals surface area contributed by atoms with E-state index in [0.29, 0.717) is 24.5 Å². The molecule has 3 aromatic carbocycles. The third-order valence-corrected chi connectivity index (χ3v) is 8.28. The molecule has 3 rings (SSSR count). The van der Waals surface area contributed by atoms with Gasteiger partial charge in [0.05, 0.1) is 18.6 Å². The number of amides is 2. The highest BCUT2D eigenvalue weighted by atomic mass is 79.9. The molecule has 8 nitrogen and oxygen atoms in total.